The average molecular weight is 283 g/mol. The number of benzene rings is 1. The third kappa shape index (κ3) is 3.55. The zero-order valence-corrected chi connectivity index (χ0v) is 12.9. The van der Waals surface area contributed by atoms with Gasteiger partial charge in [-0.1, -0.05) is 0 Å². The maximum atomic E-state index is 9.33. The molecule has 0 heterocycles. The van der Waals surface area contributed by atoms with Crippen molar-refractivity contribution in [2.45, 2.75) is 31.7 Å². The van der Waals surface area contributed by atoms with Crippen molar-refractivity contribution in [2.75, 3.05) is 27.9 Å². The molecule has 0 aliphatic rings. The number of aliphatic hydroxyl groups is 1. The minimum absolute atomic E-state index is 0.0453. The molecule has 0 saturated carbocycles. The number of rotatable bonds is 7. The van der Waals surface area contributed by atoms with Crippen molar-refractivity contribution in [1.82, 2.24) is 0 Å². The van der Waals surface area contributed by atoms with Crippen LogP contribution in [0.4, 0.5) is 0 Å². The second kappa shape index (κ2) is 6.81. The zero-order chi connectivity index (χ0) is 15.3. The molecule has 20 heavy (non-hydrogen) atoms. The largest absolute Gasteiger partial charge is 0.496 e. The molecule has 0 aliphatic heterocycles. The van der Waals surface area contributed by atoms with Gasteiger partial charge in [0.2, 0.25) is 0 Å². The Balaban J connectivity index is 3.45. The van der Waals surface area contributed by atoms with Gasteiger partial charge in [0.05, 0.1) is 21.3 Å². The second-order valence-electron chi connectivity index (χ2n) is 5.33. The standard InChI is InChI=1S/C15H25NO4/c1-15(2,16)11(6-7-17)14-12(19-4)8-10(18-3)9-13(14)20-5/h8-9,11,17H,6-7,16H2,1-5H3. The summed E-state index contributed by atoms with van der Waals surface area (Å²) in [6.07, 6.45) is 0.530. The van der Waals surface area contributed by atoms with E-state index in [4.69, 9.17) is 19.9 Å². The van der Waals surface area contributed by atoms with E-state index in [0.717, 1.165) is 5.56 Å². The lowest BCUT2D eigenvalue weighted by atomic mass is 9.79. The first-order chi connectivity index (χ1) is 9.38. The highest BCUT2D eigenvalue weighted by Crippen LogP contribution is 2.43. The first-order valence-corrected chi connectivity index (χ1v) is 6.58. The maximum absolute atomic E-state index is 9.33. The molecule has 0 bridgehead atoms. The van der Waals surface area contributed by atoms with Crippen molar-refractivity contribution in [2.24, 2.45) is 5.73 Å². The molecule has 1 unspecified atom stereocenters. The summed E-state index contributed by atoms with van der Waals surface area (Å²) in [7, 11) is 4.78. The Hall–Kier alpha value is -1.46. The number of nitrogens with two attached hydrogens (primary N) is 1. The van der Waals surface area contributed by atoms with Gasteiger partial charge in [-0.15, -0.1) is 0 Å². The fourth-order valence-corrected chi connectivity index (χ4v) is 2.39. The molecule has 5 nitrogen and oxygen atoms in total. The summed E-state index contributed by atoms with van der Waals surface area (Å²) in [4.78, 5) is 0. The number of methoxy groups -OCH3 is 3. The molecule has 114 valence electrons. The third-order valence-corrected chi connectivity index (χ3v) is 3.42. The fraction of sp³-hybridized carbons (Fsp3) is 0.600. The molecule has 1 aromatic rings. The summed E-state index contributed by atoms with van der Waals surface area (Å²) >= 11 is 0. The van der Waals surface area contributed by atoms with Crippen LogP contribution in [0.1, 0.15) is 31.7 Å². The van der Waals surface area contributed by atoms with Gasteiger partial charge in [0.1, 0.15) is 17.2 Å². The summed E-state index contributed by atoms with van der Waals surface area (Å²) in [5.41, 5.74) is 6.60. The summed E-state index contributed by atoms with van der Waals surface area (Å²) < 4.78 is 16.2. The van der Waals surface area contributed by atoms with Crippen LogP contribution in [0, 0.1) is 0 Å². The number of hydrogen-bond donors (Lipinski definition) is 2. The Labute approximate surface area is 120 Å². The summed E-state index contributed by atoms with van der Waals surface area (Å²) in [5.74, 6) is 1.86. The van der Waals surface area contributed by atoms with Crippen LogP contribution in [0.3, 0.4) is 0 Å². The highest BCUT2D eigenvalue weighted by Gasteiger charge is 2.32. The lowest BCUT2D eigenvalue weighted by Crippen LogP contribution is -2.40. The van der Waals surface area contributed by atoms with Crippen molar-refractivity contribution < 1.29 is 19.3 Å². The van der Waals surface area contributed by atoms with Crippen LogP contribution in [-0.4, -0.2) is 38.6 Å². The molecule has 0 amide bonds. The van der Waals surface area contributed by atoms with Crippen molar-refractivity contribution in [3.63, 3.8) is 0 Å². The molecule has 1 rings (SSSR count). The molecule has 0 aliphatic carbocycles. The molecule has 5 heteroatoms. The zero-order valence-electron chi connectivity index (χ0n) is 12.9. The lowest BCUT2D eigenvalue weighted by molar-refractivity contribution is 0.244. The van der Waals surface area contributed by atoms with Gasteiger partial charge in [-0.25, -0.2) is 0 Å². The minimum Gasteiger partial charge on any atom is -0.496 e. The van der Waals surface area contributed by atoms with E-state index >= 15 is 0 Å². The van der Waals surface area contributed by atoms with Crippen LogP contribution in [-0.2, 0) is 0 Å². The van der Waals surface area contributed by atoms with Crippen LogP contribution >= 0.6 is 0 Å². The van der Waals surface area contributed by atoms with Crippen molar-refractivity contribution in [1.29, 1.82) is 0 Å². The van der Waals surface area contributed by atoms with Gasteiger partial charge in [0, 0.05) is 35.8 Å². The minimum atomic E-state index is -0.516. The van der Waals surface area contributed by atoms with Crippen molar-refractivity contribution in [3.8, 4) is 17.2 Å². The molecule has 0 spiro atoms. The molecule has 0 saturated heterocycles. The Kier molecular flexibility index (Phi) is 5.65. The first-order valence-electron chi connectivity index (χ1n) is 6.58. The highest BCUT2D eigenvalue weighted by molar-refractivity contribution is 5.53. The SMILES string of the molecule is COc1cc(OC)c(C(CCO)C(C)(C)N)c(OC)c1. The molecule has 0 radical (unpaired) electrons. The van der Waals surface area contributed by atoms with Crippen LogP contribution < -0.4 is 19.9 Å². The quantitative estimate of drug-likeness (QED) is 0.799. The normalized spacial score (nSPS) is 12.9. The smallest absolute Gasteiger partial charge is 0.129 e. The summed E-state index contributed by atoms with van der Waals surface area (Å²) in [6, 6.07) is 3.60. The van der Waals surface area contributed by atoms with Gasteiger partial charge in [-0.05, 0) is 20.3 Å². The van der Waals surface area contributed by atoms with Gasteiger partial charge in [0.25, 0.3) is 0 Å². The van der Waals surface area contributed by atoms with Gasteiger partial charge < -0.3 is 25.1 Å². The van der Waals surface area contributed by atoms with Gasteiger partial charge in [-0.3, -0.25) is 0 Å². The van der Waals surface area contributed by atoms with E-state index in [1.54, 1.807) is 33.5 Å². The molecule has 0 aromatic heterocycles. The van der Waals surface area contributed by atoms with E-state index in [0.29, 0.717) is 23.7 Å². The van der Waals surface area contributed by atoms with Crippen LogP contribution in [0.5, 0.6) is 17.2 Å². The maximum Gasteiger partial charge on any atom is 0.129 e. The van der Waals surface area contributed by atoms with E-state index in [9.17, 15) is 5.11 Å². The third-order valence-electron chi connectivity index (χ3n) is 3.42. The van der Waals surface area contributed by atoms with E-state index in [-0.39, 0.29) is 12.5 Å². The first kappa shape index (κ1) is 16.6. The Morgan fingerprint density at radius 2 is 1.60 bits per heavy atom. The van der Waals surface area contributed by atoms with Gasteiger partial charge in [0.15, 0.2) is 0 Å². The second-order valence-corrected chi connectivity index (χ2v) is 5.33. The predicted octanol–water partition coefficient (Wildman–Crippen LogP) is 1.92. The summed E-state index contributed by atoms with van der Waals surface area (Å²) in [6.45, 7) is 3.90. The van der Waals surface area contributed by atoms with Crippen molar-refractivity contribution >= 4 is 0 Å². The molecule has 3 N–H and O–H groups in total. The highest BCUT2D eigenvalue weighted by atomic mass is 16.5. The Bertz CT molecular complexity index is 415. The fourth-order valence-electron chi connectivity index (χ4n) is 2.39. The molecular formula is C15H25NO4. The van der Waals surface area contributed by atoms with Gasteiger partial charge in [-0.2, -0.15) is 0 Å². The predicted molar refractivity (Wildman–Crippen MR) is 78.8 cm³/mol. The monoisotopic (exact) mass is 283 g/mol. The molecule has 0 fully saturated rings. The van der Waals surface area contributed by atoms with Gasteiger partial charge >= 0.3 is 0 Å². The lowest BCUT2D eigenvalue weighted by Gasteiger charge is -2.32. The number of hydrogen-bond acceptors (Lipinski definition) is 5. The molecule has 1 atom stereocenters. The van der Waals surface area contributed by atoms with E-state index in [1.807, 2.05) is 13.8 Å². The Morgan fingerprint density at radius 3 is 1.90 bits per heavy atom. The molecular weight excluding hydrogens is 258 g/mol. The average Bonchev–Trinajstić information content (AvgIpc) is 2.42. The van der Waals surface area contributed by atoms with Crippen molar-refractivity contribution in [3.05, 3.63) is 17.7 Å². The van der Waals surface area contributed by atoms with Crippen LogP contribution in [0.15, 0.2) is 12.1 Å². The molecule has 1 aromatic carbocycles. The topological polar surface area (TPSA) is 73.9 Å². The summed E-state index contributed by atoms with van der Waals surface area (Å²) in [5, 5.41) is 9.33. The van der Waals surface area contributed by atoms with E-state index in [1.165, 1.54) is 0 Å². The van der Waals surface area contributed by atoms with E-state index in [2.05, 4.69) is 0 Å². The number of ether oxygens (including phenoxy) is 3. The Morgan fingerprint density at radius 1 is 1.10 bits per heavy atom. The number of aliphatic hydroxyl groups excluding tert-OH is 1. The van der Waals surface area contributed by atoms with Crippen LogP contribution in [0.25, 0.3) is 0 Å². The van der Waals surface area contributed by atoms with Crippen LogP contribution in [0.2, 0.25) is 0 Å². The van der Waals surface area contributed by atoms with E-state index < -0.39 is 5.54 Å².